The highest BCUT2D eigenvalue weighted by Crippen LogP contribution is 2.16. The molecular weight excluding hydrogens is 331 g/mol. The van der Waals surface area contributed by atoms with Crippen molar-refractivity contribution in [2.75, 3.05) is 0 Å². The van der Waals surface area contributed by atoms with E-state index in [0.717, 1.165) is 5.56 Å². The van der Waals surface area contributed by atoms with E-state index in [0.29, 0.717) is 12.0 Å². The van der Waals surface area contributed by atoms with Gasteiger partial charge in [-0.3, -0.25) is 4.79 Å². The van der Waals surface area contributed by atoms with Gasteiger partial charge in [0.2, 0.25) is 15.9 Å². The quantitative estimate of drug-likeness (QED) is 0.837. The van der Waals surface area contributed by atoms with Gasteiger partial charge >= 0.3 is 0 Å². The summed E-state index contributed by atoms with van der Waals surface area (Å²) in [6.45, 7) is 1.72. The smallest absolute Gasteiger partial charge is 0.238 e. The zero-order valence-corrected chi connectivity index (χ0v) is 14.0. The van der Waals surface area contributed by atoms with Gasteiger partial charge in [-0.05, 0) is 37.1 Å². The van der Waals surface area contributed by atoms with E-state index >= 15 is 0 Å². The number of aryl methyl sites for hydroxylation is 1. The van der Waals surface area contributed by atoms with E-state index in [1.807, 2.05) is 0 Å². The molecule has 128 valence electrons. The molecule has 0 heterocycles. The molecule has 0 radical (unpaired) electrons. The Morgan fingerprint density at radius 2 is 1.79 bits per heavy atom. The molecule has 0 saturated carbocycles. The van der Waals surface area contributed by atoms with Gasteiger partial charge in [-0.15, -0.1) is 0 Å². The summed E-state index contributed by atoms with van der Waals surface area (Å²) in [6.07, 6.45) is 0.661. The molecule has 0 fully saturated rings. The van der Waals surface area contributed by atoms with Crippen LogP contribution in [-0.2, 0) is 21.2 Å². The van der Waals surface area contributed by atoms with Crippen LogP contribution in [0.15, 0.2) is 53.4 Å². The largest absolute Gasteiger partial charge is 0.349 e. The van der Waals surface area contributed by atoms with E-state index in [1.165, 1.54) is 18.2 Å². The van der Waals surface area contributed by atoms with Crippen molar-refractivity contribution in [3.05, 3.63) is 65.5 Å². The number of primary sulfonamides is 1. The van der Waals surface area contributed by atoms with Crippen LogP contribution in [0.1, 0.15) is 30.5 Å². The Hall–Kier alpha value is -2.25. The molecule has 2 rings (SSSR count). The second-order valence-corrected chi connectivity index (χ2v) is 7.06. The third-order valence-electron chi connectivity index (χ3n) is 3.64. The highest BCUT2D eigenvalue weighted by Gasteiger charge is 2.13. The van der Waals surface area contributed by atoms with Gasteiger partial charge in [0.05, 0.1) is 10.9 Å². The maximum Gasteiger partial charge on any atom is 0.238 e. The first-order valence-electron chi connectivity index (χ1n) is 7.43. The molecule has 2 aromatic rings. The summed E-state index contributed by atoms with van der Waals surface area (Å²) in [4.78, 5) is 12.0. The fraction of sp³-hybridized carbons (Fsp3) is 0.235. The SMILES string of the molecule is C[C@H](NC(=O)CCc1ccc(S(N)(=O)=O)cc1)c1ccccc1F. The molecule has 0 aromatic heterocycles. The number of carbonyl (C=O) groups is 1. The lowest BCUT2D eigenvalue weighted by Crippen LogP contribution is -2.27. The van der Waals surface area contributed by atoms with E-state index in [2.05, 4.69) is 5.32 Å². The highest BCUT2D eigenvalue weighted by atomic mass is 32.2. The fourth-order valence-electron chi connectivity index (χ4n) is 2.32. The van der Waals surface area contributed by atoms with E-state index in [9.17, 15) is 17.6 Å². The van der Waals surface area contributed by atoms with Crippen LogP contribution in [-0.4, -0.2) is 14.3 Å². The zero-order chi connectivity index (χ0) is 17.7. The molecular formula is C17H19FN2O3S. The van der Waals surface area contributed by atoms with Crippen LogP contribution in [0.2, 0.25) is 0 Å². The molecule has 2 aromatic carbocycles. The minimum atomic E-state index is -3.72. The number of rotatable bonds is 6. The number of nitrogens with two attached hydrogens (primary N) is 1. The number of nitrogens with one attached hydrogen (secondary N) is 1. The van der Waals surface area contributed by atoms with Gasteiger partial charge in [0.1, 0.15) is 5.82 Å². The Kier molecular flexibility index (Phi) is 5.69. The summed E-state index contributed by atoms with van der Waals surface area (Å²) in [5.41, 5.74) is 1.25. The van der Waals surface area contributed by atoms with Crippen LogP contribution in [0.25, 0.3) is 0 Å². The average molecular weight is 350 g/mol. The minimum Gasteiger partial charge on any atom is -0.349 e. The number of hydrogen-bond acceptors (Lipinski definition) is 3. The summed E-state index contributed by atoms with van der Waals surface area (Å²) in [5, 5.41) is 7.78. The number of hydrogen-bond donors (Lipinski definition) is 2. The number of carbonyl (C=O) groups excluding carboxylic acids is 1. The van der Waals surface area contributed by atoms with Crippen molar-refractivity contribution in [1.29, 1.82) is 0 Å². The van der Waals surface area contributed by atoms with Crippen LogP contribution in [0.3, 0.4) is 0 Å². The molecule has 1 amide bonds. The third kappa shape index (κ3) is 4.87. The van der Waals surface area contributed by atoms with E-state index < -0.39 is 16.1 Å². The molecule has 5 nitrogen and oxygen atoms in total. The summed E-state index contributed by atoms with van der Waals surface area (Å²) < 4.78 is 36.0. The van der Waals surface area contributed by atoms with Gasteiger partial charge in [0.25, 0.3) is 0 Å². The number of amides is 1. The molecule has 0 spiro atoms. The van der Waals surface area contributed by atoms with Gasteiger partial charge in [0, 0.05) is 12.0 Å². The molecule has 3 N–H and O–H groups in total. The number of halogens is 1. The number of benzene rings is 2. The van der Waals surface area contributed by atoms with Crippen molar-refractivity contribution in [3.8, 4) is 0 Å². The maximum absolute atomic E-state index is 13.7. The summed E-state index contributed by atoms with van der Waals surface area (Å²) >= 11 is 0. The van der Waals surface area contributed by atoms with Gasteiger partial charge < -0.3 is 5.32 Å². The predicted molar refractivity (Wildman–Crippen MR) is 89.1 cm³/mol. The molecule has 0 bridgehead atoms. The number of sulfonamides is 1. The molecule has 24 heavy (non-hydrogen) atoms. The lowest BCUT2D eigenvalue weighted by atomic mass is 10.1. The monoisotopic (exact) mass is 350 g/mol. The second-order valence-electron chi connectivity index (χ2n) is 5.50. The zero-order valence-electron chi connectivity index (χ0n) is 13.2. The Balaban J connectivity index is 1.90. The highest BCUT2D eigenvalue weighted by molar-refractivity contribution is 7.89. The summed E-state index contributed by atoms with van der Waals surface area (Å²) in [7, 11) is -3.72. The molecule has 0 aliphatic heterocycles. The Morgan fingerprint density at radius 1 is 1.17 bits per heavy atom. The maximum atomic E-state index is 13.7. The molecule has 0 saturated heterocycles. The first-order valence-corrected chi connectivity index (χ1v) is 8.97. The Morgan fingerprint density at radius 3 is 2.38 bits per heavy atom. The van der Waals surface area contributed by atoms with Crippen molar-refractivity contribution in [2.45, 2.75) is 30.7 Å². The average Bonchev–Trinajstić information content (AvgIpc) is 2.53. The van der Waals surface area contributed by atoms with Gasteiger partial charge in [-0.1, -0.05) is 30.3 Å². The summed E-state index contributed by atoms with van der Waals surface area (Å²) in [6, 6.07) is 11.9. The molecule has 0 aliphatic rings. The van der Waals surface area contributed by atoms with Crippen LogP contribution in [0.5, 0.6) is 0 Å². The van der Waals surface area contributed by atoms with Crippen LogP contribution >= 0.6 is 0 Å². The minimum absolute atomic E-state index is 0.0314. The van der Waals surface area contributed by atoms with Crippen molar-refractivity contribution < 1.29 is 17.6 Å². The van der Waals surface area contributed by atoms with Gasteiger partial charge in [-0.25, -0.2) is 17.9 Å². The lowest BCUT2D eigenvalue weighted by molar-refractivity contribution is -0.121. The summed E-state index contributed by atoms with van der Waals surface area (Å²) in [5.74, 6) is -0.565. The normalized spacial score (nSPS) is 12.6. The van der Waals surface area contributed by atoms with E-state index in [1.54, 1.807) is 37.3 Å². The van der Waals surface area contributed by atoms with E-state index in [4.69, 9.17) is 5.14 Å². The molecule has 1 atom stereocenters. The van der Waals surface area contributed by atoms with Crippen molar-refractivity contribution in [1.82, 2.24) is 5.32 Å². The first kappa shape index (κ1) is 18.1. The second kappa shape index (κ2) is 7.55. The first-order chi connectivity index (χ1) is 11.3. The van der Waals surface area contributed by atoms with Crippen molar-refractivity contribution in [3.63, 3.8) is 0 Å². The van der Waals surface area contributed by atoms with Crippen LogP contribution in [0.4, 0.5) is 4.39 Å². The predicted octanol–water partition coefficient (Wildman–Crippen LogP) is 2.28. The molecule has 7 heteroatoms. The topological polar surface area (TPSA) is 89.3 Å². The van der Waals surface area contributed by atoms with Crippen molar-refractivity contribution in [2.24, 2.45) is 5.14 Å². The van der Waals surface area contributed by atoms with Crippen LogP contribution in [0, 0.1) is 5.82 Å². The van der Waals surface area contributed by atoms with E-state index in [-0.39, 0.29) is 23.0 Å². The molecule has 0 aliphatic carbocycles. The Labute approximate surface area is 140 Å². The van der Waals surface area contributed by atoms with Gasteiger partial charge in [-0.2, -0.15) is 0 Å². The fourth-order valence-corrected chi connectivity index (χ4v) is 2.84. The Bertz CT molecular complexity index is 820. The van der Waals surface area contributed by atoms with Crippen LogP contribution < -0.4 is 10.5 Å². The third-order valence-corrected chi connectivity index (χ3v) is 4.57. The lowest BCUT2D eigenvalue weighted by Gasteiger charge is -2.15. The molecule has 0 unspecified atom stereocenters. The van der Waals surface area contributed by atoms with Crippen molar-refractivity contribution >= 4 is 15.9 Å². The van der Waals surface area contributed by atoms with Gasteiger partial charge in [0.15, 0.2) is 0 Å². The standard InChI is InChI=1S/C17H19FN2O3S/c1-12(15-4-2-3-5-16(15)18)20-17(21)11-8-13-6-9-14(10-7-13)24(19,22)23/h2-7,9-10,12H,8,11H2,1H3,(H,20,21)(H2,19,22,23)/t12-/m0/s1.